The first-order valence-electron chi connectivity index (χ1n) is 6.62. The van der Waals surface area contributed by atoms with Crippen LogP contribution in [0.3, 0.4) is 0 Å². The minimum absolute atomic E-state index is 0.160. The monoisotopic (exact) mass is 287 g/mol. The molecule has 3 N–H and O–H groups in total. The molecule has 3 rings (SSSR count). The van der Waals surface area contributed by atoms with Gasteiger partial charge in [0, 0.05) is 22.3 Å². The number of hydrogen-bond donors (Lipinski definition) is 3. The Morgan fingerprint density at radius 3 is 2.75 bits per heavy atom. The molecule has 2 heterocycles. The molecule has 20 heavy (non-hydrogen) atoms. The maximum absolute atomic E-state index is 11.3. The average Bonchev–Trinajstić information content (AvgIpc) is 2.99. The largest absolute Gasteiger partial charge is 0.323 e. The normalized spacial score (nSPS) is 12.9. The van der Waals surface area contributed by atoms with E-state index in [1.807, 2.05) is 29.5 Å². The second kappa shape index (κ2) is 5.26. The second-order valence-electron chi connectivity index (χ2n) is 5.00. The lowest BCUT2D eigenvalue weighted by molar-refractivity contribution is 0.579. The Labute approximate surface area is 120 Å². The number of benzene rings is 1. The third kappa shape index (κ3) is 2.69. The van der Waals surface area contributed by atoms with Crippen LogP contribution in [0.4, 0.5) is 0 Å². The molecular formula is C15H17N3OS. The maximum atomic E-state index is 11.3. The highest BCUT2D eigenvalue weighted by atomic mass is 32.1. The Bertz CT molecular complexity index is 784. The van der Waals surface area contributed by atoms with Crippen LogP contribution in [0, 0.1) is 6.92 Å². The van der Waals surface area contributed by atoms with E-state index in [2.05, 4.69) is 41.3 Å². The van der Waals surface area contributed by atoms with Gasteiger partial charge in [-0.05, 0) is 43.7 Å². The fourth-order valence-corrected chi connectivity index (χ4v) is 3.11. The summed E-state index contributed by atoms with van der Waals surface area (Å²) < 4.78 is 0. The molecule has 0 saturated heterocycles. The van der Waals surface area contributed by atoms with Crippen LogP contribution in [0.15, 0.2) is 35.1 Å². The second-order valence-corrected chi connectivity index (χ2v) is 6.37. The number of hydrogen-bond acceptors (Lipinski definition) is 3. The summed E-state index contributed by atoms with van der Waals surface area (Å²) in [6.07, 6.45) is 0. The quantitative estimate of drug-likeness (QED) is 0.690. The molecule has 3 aromatic rings. The van der Waals surface area contributed by atoms with Crippen molar-refractivity contribution < 1.29 is 0 Å². The molecule has 0 spiro atoms. The van der Waals surface area contributed by atoms with Gasteiger partial charge < -0.3 is 15.3 Å². The minimum atomic E-state index is -0.160. The average molecular weight is 287 g/mol. The van der Waals surface area contributed by atoms with E-state index in [1.54, 1.807) is 0 Å². The summed E-state index contributed by atoms with van der Waals surface area (Å²) >= 11 is 1.82. The lowest BCUT2D eigenvalue weighted by atomic mass is 10.1. The van der Waals surface area contributed by atoms with Crippen molar-refractivity contribution in [2.75, 3.05) is 0 Å². The van der Waals surface area contributed by atoms with Crippen molar-refractivity contribution >= 4 is 22.4 Å². The number of aryl methyl sites for hydroxylation is 1. The summed E-state index contributed by atoms with van der Waals surface area (Å²) in [5.41, 5.74) is 2.71. The molecule has 1 aromatic carbocycles. The molecule has 0 fully saturated rings. The number of fused-ring (bicyclic) bond motifs is 1. The number of aromatic nitrogens is 2. The predicted molar refractivity (Wildman–Crippen MR) is 83.2 cm³/mol. The fraction of sp³-hybridized carbons (Fsp3) is 0.267. The molecule has 0 bridgehead atoms. The topological polar surface area (TPSA) is 60.7 Å². The number of thiophene rings is 1. The standard InChI is InChI=1S/C15H17N3OS/c1-9-3-5-12(20-9)8-16-10(2)11-4-6-13-14(7-11)18-15(19)17-13/h3-7,10,16H,8H2,1-2H3,(H2,17,18,19)/t10-/m1/s1. The van der Waals surface area contributed by atoms with Crippen molar-refractivity contribution in [1.29, 1.82) is 0 Å². The Hall–Kier alpha value is -1.85. The van der Waals surface area contributed by atoms with E-state index in [-0.39, 0.29) is 11.7 Å². The third-order valence-electron chi connectivity index (χ3n) is 3.42. The van der Waals surface area contributed by atoms with Gasteiger partial charge in [0.25, 0.3) is 0 Å². The molecule has 0 aliphatic heterocycles. The summed E-state index contributed by atoms with van der Waals surface area (Å²) in [7, 11) is 0. The van der Waals surface area contributed by atoms with Crippen LogP contribution < -0.4 is 11.0 Å². The number of rotatable bonds is 4. The molecule has 0 unspecified atom stereocenters. The SMILES string of the molecule is Cc1ccc(CN[C@H](C)c2ccc3[nH]c(=O)[nH]c3c2)s1. The molecule has 5 heteroatoms. The molecule has 0 saturated carbocycles. The molecule has 0 amide bonds. The van der Waals surface area contributed by atoms with Crippen molar-refractivity contribution in [1.82, 2.24) is 15.3 Å². The highest BCUT2D eigenvalue weighted by Gasteiger charge is 2.07. The molecule has 1 atom stereocenters. The summed E-state index contributed by atoms with van der Waals surface area (Å²) in [4.78, 5) is 19.5. The van der Waals surface area contributed by atoms with Gasteiger partial charge in [0.1, 0.15) is 0 Å². The van der Waals surface area contributed by atoms with Gasteiger partial charge in [-0.15, -0.1) is 11.3 Å². The molecule has 104 valence electrons. The number of nitrogens with one attached hydrogen (secondary N) is 3. The minimum Gasteiger partial charge on any atom is -0.306 e. The predicted octanol–water partition coefficient (Wildman–Crippen LogP) is 3.08. The maximum Gasteiger partial charge on any atom is 0.323 e. The molecule has 0 radical (unpaired) electrons. The zero-order valence-corrected chi connectivity index (χ0v) is 12.3. The Morgan fingerprint density at radius 1 is 1.20 bits per heavy atom. The third-order valence-corrected chi connectivity index (χ3v) is 4.42. The van der Waals surface area contributed by atoms with Crippen molar-refractivity contribution in [3.63, 3.8) is 0 Å². The molecule has 0 aliphatic rings. The van der Waals surface area contributed by atoms with E-state index >= 15 is 0 Å². The van der Waals surface area contributed by atoms with E-state index in [9.17, 15) is 4.79 Å². The van der Waals surface area contributed by atoms with Crippen LogP contribution in [-0.4, -0.2) is 9.97 Å². The van der Waals surface area contributed by atoms with Crippen molar-refractivity contribution in [3.8, 4) is 0 Å². The lowest BCUT2D eigenvalue weighted by Gasteiger charge is -2.13. The molecular weight excluding hydrogens is 270 g/mol. The van der Waals surface area contributed by atoms with E-state index in [0.29, 0.717) is 0 Å². The zero-order valence-electron chi connectivity index (χ0n) is 11.5. The first-order chi connectivity index (χ1) is 9.61. The summed E-state index contributed by atoms with van der Waals surface area (Å²) in [6.45, 7) is 5.11. The van der Waals surface area contributed by atoms with Gasteiger partial charge in [-0.25, -0.2) is 4.79 Å². The Morgan fingerprint density at radius 2 is 2.00 bits per heavy atom. The van der Waals surface area contributed by atoms with Crippen LogP contribution in [0.2, 0.25) is 0 Å². The summed E-state index contributed by atoms with van der Waals surface area (Å²) in [5, 5.41) is 3.51. The van der Waals surface area contributed by atoms with Gasteiger partial charge in [-0.3, -0.25) is 0 Å². The highest BCUT2D eigenvalue weighted by molar-refractivity contribution is 7.11. The summed E-state index contributed by atoms with van der Waals surface area (Å²) in [6, 6.07) is 10.5. The van der Waals surface area contributed by atoms with Gasteiger partial charge in [-0.2, -0.15) is 0 Å². The smallest absolute Gasteiger partial charge is 0.306 e. The van der Waals surface area contributed by atoms with Crippen LogP contribution in [0.25, 0.3) is 11.0 Å². The van der Waals surface area contributed by atoms with Gasteiger partial charge >= 0.3 is 5.69 Å². The molecule has 2 aromatic heterocycles. The summed E-state index contributed by atoms with van der Waals surface area (Å²) in [5.74, 6) is 0. The first-order valence-corrected chi connectivity index (χ1v) is 7.44. The molecule has 4 nitrogen and oxygen atoms in total. The molecule has 0 aliphatic carbocycles. The van der Waals surface area contributed by atoms with Crippen LogP contribution in [-0.2, 0) is 6.54 Å². The van der Waals surface area contributed by atoms with E-state index < -0.39 is 0 Å². The van der Waals surface area contributed by atoms with E-state index in [0.717, 1.165) is 17.6 Å². The van der Waals surface area contributed by atoms with E-state index in [1.165, 1.54) is 15.3 Å². The van der Waals surface area contributed by atoms with Crippen molar-refractivity contribution in [2.45, 2.75) is 26.4 Å². The zero-order chi connectivity index (χ0) is 14.1. The first kappa shape index (κ1) is 13.1. The van der Waals surface area contributed by atoms with Crippen LogP contribution >= 0.6 is 11.3 Å². The highest BCUT2D eigenvalue weighted by Crippen LogP contribution is 2.19. The van der Waals surface area contributed by atoms with Crippen molar-refractivity contribution in [3.05, 3.63) is 56.1 Å². The van der Waals surface area contributed by atoms with Crippen molar-refractivity contribution in [2.24, 2.45) is 0 Å². The Balaban J connectivity index is 1.74. The Kier molecular flexibility index (Phi) is 3.46. The number of H-pyrrole nitrogens is 2. The van der Waals surface area contributed by atoms with Crippen LogP contribution in [0.1, 0.15) is 28.3 Å². The van der Waals surface area contributed by atoms with Gasteiger partial charge in [0.2, 0.25) is 0 Å². The number of imidazole rings is 1. The number of aromatic amines is 2. The van der Waals surface area contributed by atoms with Gasteiger partial charge in [0.05, 0.1) is 11.0 Å². The fourth-order valence-electron chi connectivity index (χ4n) is 2.27. The van der Waals surface area contributed by atoms with Crippen LogP contribution in [0.5, 0.6) is 0 Å². The lowest BCUT2D eigenvalue weighted by Crippen LogP contribution is -2.17. The van der Waals surface area contributed by atoms with Gasteiger partial charge in [-0.1, -0.05) is 6.07 Å². The van der Waals surface area contributed by atoms with E-state index in [4.69, 9.17) is 0 Å². The van der Waals surface area contributed by atoms with Gasteiger partial charge in [0.15, 0.2) is 0 Å².